The molecule has 1 heterocycles. The van der Waals surface area contributed by atoms with Gasteiger partial charge in [-0.1, -0.05) is 0 Å². The van der Waals surface area contributed by atoms with Crippen molar-refractivity contribution in [3.8, 4) is 0 Å². The summed E-state index contributed by atoms with van der Waals surface area (Å²) < 4.78 is 1.67. The van der Waals surface area contributed by atoms with Crippen molar-refractivity contribution in [2.75, 3.05) is 6.54 Å². The summed E-state index contributed by atoms with van der Waals surface area (Å²) in [4.78, 5) is 33.0. The smallest absolute Gasteiger partial charge is 0.305 e. The molecule has 0 aliphatic heterocycles. The number of carbonyl (C=O) groups excluding carboxylic acids is 2. The minimum atomic E-state index is -0.951. The van der Waals surface area contributed by atoms with Gasteiger partial charge in [-0.25, -0.2) is 0 Å². The van der Waals surface area contributed by atoms with E-state index in [-0.39, 0.29) is 31.1 Å². The number of rotatable bonds is 6. The molecular weight excluding hydrogens is 236 g/mol. The van der Waals surface area contributed by atoms with Gasteiger partial charge < -0.3 is 15.0 Å². The van der Waals surface area contributed by atoms with Crippen LogP contribution in [0.4, 0.5) is 0 Å². The number of nitrogens with one attached hydrogen (secondary N) is 1. The number of amides is 1. The van der Waals surface area contributed by atoms with Gasteiger partial charge >= 0.3 is 5.97 Å². The van der Waals surface area contributed by atoms with Crippen molar-refractivity contribution in [1.82, 2.24) is 9.88 Å². The van der Waals surface area contributed by atoms with Crippen molar-refractivity contribution < 1.29 is 19.5 Å². The minimum Gasteiger partial charge on any atom is -0.481 e. The van der Waals surface area contributed by atoms with E-state index in [1.165, 1.54) is 6.92 Å². The number of hydrogen-bond donors (Lipinski definition) is 2. The van der Waals surface area contributed by atoms with Crippen molar-refractivity contribution in [1.29, 1.82) is 0 Å². The van der Waals surface area contributed by atoms with Gasteiger partial charge in [0.05, 0.1) is 18.5 Å². The number of hydrogen-bond acceptors (Lipinski definition) is 3. The highest BCUT2D eigenvalue weighted by molar-refractivity contribution is 5.93. The number of aliphatic carboxylic acids is 1. The first-order chi connectivity index (χ1) is 8.41. The third kappa shape index (κ3) is 3.73. The fourth-order valence-electron chi connectivity index (χ4n) is 1.62. The normalized spacial score (nSPS) is 10.1. The van der Waals surface area contributed by atoms with Gasteiger partial charge in [-0.15, -0.1) is 0 Å². The average molecular weight is 252 g/mol. The summed E-state index contributed by atoms with van der Waals surface area (Å²) in [6.45, 7) is 1.57. The molecule has 2 N–H and O–H groups in total. The number of nitrogens with zero attached hydrogens (tertiary/aromatic N) is 1. The van der Waals surface area contributed by atoms with Crippen LogP contribution in [0.15, 0.2) is 12.1 Å². The highest BCUT2D eigenvalue weighted by atomic mass is 16.4. The summed E-state index contributed by atoms with van der Waals surface area (Å²) in [7, 11) is 1.72. The van der Waals surface area contributed by atoms with Gasteiger partial charge in [0.15, 0.2) is 5.78 Å². The Kier molecular flexibility index (Phi) is 4.65. The van der Waals surface area contributed by atoms with Crippen LogP contribution in [0.2, 0.25) is 0 Å². The number of ketones is 1. The molecular formula is C12H16N2O4. The van der Waals surface area contributed by atoms with E-state index in [2.05, 4.69) is 5.32 Å². The third-order valence-corrected chi connectivity index (χ3v) is 2.59. The van der Waals surface area contributed by atoms with Gasteiger partial charge in [0.25, 0.3) is 0 Å². The van der Waals surface area contributed by atoms with Crippen LogP contribution >= 0.6 is 0 Å². The summed E-state index contributed by atoms with van der Waals surface area (Å²) in [5.74, 6) is -1.27. The van der Waals surface area contributed by atoms with E-state index in [1.54, 1.807) is 23.7 Å². The van der Waals surface area contributed by atoms with Gasteiger partial charge in [0, 0.05) is 26.2 Å². The summed E-state index contributed by atoms with van der Waals surface area (Å²) in [6.07, 6.45) is 0.0287. The lowest BCUT2D eigenvalue weighted by Crippen LogP contribution is -2.28. The molecule has 98 valence electrons. The van der Waals surface area contributed by atoms with Gasteiger partial charge in [-0.05, 0) is 12.1 Å². The Morgan fingerprint density at radius 1 is 1.33 bits per heavy atom. The molecule has 0 aliphatic carbocycles. The van der Waals surface area contributed by atoms with Crippen LogP contribution < -0.4 is 5.32 Å². The molecule has 1 aromatic heterocycles. The number of aromatic nitrogens is 1. The predicted octanol–water partition coefficient (Wildman–Crippen LogP) is 0.361. The quantitative estimate of drug-likeness (QED) is 0.715. The highest BCUT2D eigenvalue weighted by Gasteiger charge is 2.11. The first kappa shape index (κ1) is 14.0. The molecule has 0 bridgehead atoms. The molecule has 1 rings (SSSR count). The van der Waals surface area contributed by atoms with Gasteiger partial charge in [0.2, 0.25) is 5.91 Å². The highest BCUT2D eigenvalue weighted by Crippen LogP contribution is 2.08. The molecule has 0 saturated carbocycles. The summed E-state index contributed by atoms with van der Waals surface area (Å²) in [5, 5.41) is 10.9. The van der Waals surface area contributed by atoms with E-state index in [9.17, 15) is 14.4 Å². The number of carboxylic acids is 1. The molecule has 6 heteroatoms. The van der Waals surface area contributed by atoms with E-state index in [1.807, 2.05) is 0 Å². The molecule has 6 nitrogen and oxygen atoms in total. The third-order valence-electron chi connectivity index (χ3n) is 2.59. The zero-order chi connectivity index (χ0) is 13.7. The Labute approximate surface area is 105 Å². The topological polar surface area (TPSA) is 88.4 Å². The Morgan fingerprint density at radius 3 is 2.50 bits per heavy atom. The Morgan fingerprint density at radius 2 is 2.00 bits per heavy atom. The molecule has 0 spiro atoms. The van der Waals surface area contributed by atoms with E-state index in [0.717, 1.165) is 0 Å². The van der Waals surface area contributed by atoms with Gasteiger partial charge in [0.1, 0.15) is 0 Å². The molecule has 0 fully saturated rings. The molecule has 18 heavy (non-hydrogen) atoms. The molecule has 1 amide bonds. The van der Waals surface area contributed by atoms with Crippen molar-refractivity contribution >= 4 is 17.7 Å². The number of carbonyl (C=O) groups is 3. The Balaban J connectivity index is 2.54. The zero-order valence-electron chi connectivity index (χ0n) is 10.4. The second-order valence-corrected chi connectivity index (χ2v) is 4.00. The molecule has 1 aromatic rings. The average Bonchev–Trinajstić information content (AvgIpc) is 2.60. The minimum absolute atomic E-state index is 0.0602. The summed E-state index contributed by atoms with van der Waals surface area (Å²) in [5.41, 5.74) is 1.26. The standard InChI is InChI=1S/C12H16N2O4/c1-8(15)10-4-3-9(14(10)2)7-11(16)13-6-5-12(17)18/h3-4H,5-7H2,1-2H3,(H,13,16)(H,17,18). The van der Waals surface area contributed by atoms with E-state index in [4.69, 9.17) is 5.11 Å². The monoisotopic (exact) mass is 252 g/mol. The largest absolute Gasteiger partial charge is 0.481 e. The fourth-order valence-corrected chi connectivity index (χ4v) is 1.62. The van der Waals surface area contributed by atoms with Crippen molar-refractivity contribution in [2.24, 2.45) is 7.05 Å². The van der Waals surface area contributed by atoms with E-state index in [0.29, 0.717) is 11.4 Å². The summed E-state index contributed by atoms with van der Waals surface area (Å²) in [6, 6.07) is 3.38. The first-order valence-corrected chi connectivity index (χ1v) is 5.56. The van der Waals surface area contributed by atoms with E-state index < -0.39 is 5.97 Å². The van der Waals surface area contributed by atoms with Crippen LogP contribution in [0.3, 0.4) is 0 Å². The maximum Gasteiger partial charge on any atom is 0.305 e. The van der Waals surface area contributed by atoms with Crippen LogP contribution in [0.5, 0.6) is 0 Å². The van der Waals surface area contributed by atoms with Crippen LogP contribution in [-0.2, 0) is 23.1 Å². The predicted molar refractivity (Wildman–Crippen MR) is 64.4 cm³/mol. The molecule has 0 atom stereocenters. The van der Waals surface area contributed by atoms with Crippen LogP contribution in [0.1, 0.15) is 29.5 Å². The second-order valence-electron chi connectivity index (χ2n) is 4.00. The lowest BCUT2D eigenvalue weighted by Gasteiger charge is -2.06. The number of Topliss-reactive ketones (excluding diaryl/α,β-unsaturated/α-hetero) is 1. The first-order valence-electron chi connectivity index (χ1n) is 5.56. The van der Waals surface area contributed by atoms with Gasteiger partial charge in [-0.3, -0.25) is 14.4 Å². The van der Waals surface area contributed by atoms with E-state index >= 15 is 0 Å². The van der Waals surface area contributed by atoms with Crippen molar-refractivity contribution in [3.63, 3.8) is 0 Å². The molecule has 0 unspecified atom stereocenters. The van der Waals surface area contributed by atoms with Crippen LogP contribution in [0, 0.1) is 0 Å². The van der Waals surface area contributed by atoms with Crippen LogP contribution in [-0.4, -0.2) is 33.9 Å². The maximum atomic E-state index is 11.5. The lowest BCUT2D eigenvalue weighted by atomic mass is 10.3. The molecule has 0 radical (unpaired) electrons. The number of carboxylic acid groups (broad SMARTS) is 1. The second kappa shape index (κ2) is 6.00. The maximum absolute atomic E-state index is 11.5. The van der Waals surface area contributed by atoms with Gasteiger partial charge in [-0.2, -0.15) is 0 Å². The molecule has 0 aromatic carbocycles. The SMILES string of the molecule is CC(=O)c1ccc(CC(=O)NCCC(=O)O)n1C. The molecule has 0 aliphatic rings. The van der Waals surface area contributed by atoms with Crippen molar-refractivity contribution in [2.45, 2.75) is 19.8 Å². The lowest BCUT2D eigenvalue weighted by molar-refractivity contribution is -0.136. The Bertz CT molecular complexity index is 476. The van der Waals surface area contributed by atoms with Crippen LogP contribution in [0.25, 0.3) is 0 Å². The Hall–Kier alpha value is -2.11. The van der Waals surface area contributed by atoms with Crippen molar-refractivity contribution in [3.05, 3.63) is 23.5 Å². The molecule has 0 saturated heterocycles. The summed E-state index contributed by atoms with van der Waals surface area (Å²) >= 11 is 0. The fraction of sp³-hybridized carbons (Fsp3) is 0.417. The zero-order valence-corrected chi connectivity index (χ0v) is 10.4.